The van der Waals surface area contributed by atoms with Gasteiger partial charge in [0.1, 0.15) is 0 Å². The third-order valence-electron chi connectivity index (χ3n) is 3.64. The van der Waals surface area contributed by atoms with Crippen LogP contribution in [0.1, 0.15) is 18.4 Å². The first-order valence-electron chi connectivity index (χ1n) is 7.24. The Bertz CT molecular complexity index is 589. The zero-order valence-corrected chi connectivity index (χ0v) is 11.9. The largest absolute Gasteiger partial charge is 0.381 e. The predicted molar refractivity (Wildman–Crippen MR) is 79.0 cm³/mol. The van der Waals surface area contributed by atoms with Gasteiger partial charge in [0.05, 0.1) is 11.9 Å². The average Bonchev–Trinajstić information content (AvgIpc) is 3.17. The van der Waals surface area contributed by atoms with Crippen molar-refractivity contribution in [1.82, 2.24) is 15.1 Å². The molecule has 5 nitrogen and oxygen atoms in total. The molecule has 1 amide bonds. The Morgan fingerprint density at radius 3 is 3.00 bits per heavy atom. The summed E-state index contributed by atoms with van der Waals surface area (Å²) in [6.07, 6.45) is 5.26. The van der Waals surface area contributed by atoms with Crippen molar-refractivity contribution >= 4 is 5.91 Å². The van der Waals surface area contributed by atoms with Crippen LogP contribution in [0.5, 0.6) is 0 Å². The van der Waals surface area contributed by atoms with Gasteiger partial charge in [-0.3, -0.25) is 4.79 Å². The Morgan fingerprint density at radius 1 is 1.38 bits per heavy atom. The lowest BCUT2D eigenvalue weighted by Crippen LogP contribution is -2.25. The van der Waals surface area contributed by atoms with E-state index in [2.05, 4.69) is 10.4 Å². The van der Waals surface area contributed by atoms with Crippen LogP contribution in [0.4, 0.5) is 0 Å². The molecule has 1 saturated heterocycles. The van der Waals surface area contributed by atoms with Crippen molar-refractivity contribution in [3.8, 4) is 5.69 Å². The number of hydrogen-bond acceptors (Lipinski definition) is 3. The zero-order valence-electron chi connectivity index (χ0n) is 11.9. The third-order valence-corrected chi connectivity index (χ3v) is 3.64. The van der Waals surface area contributed by atoms with Crippen LogP contribution in [0.2, 0.25) is 0 Å². The maximum absolute atomic E-state index is 11.9. The van der Waals surface area contributed by atoms with E-state index in [9.17, 15) is 4.79 Å². The number of aromatic nitrogens is 2. The van der Waals surface area contributed by atoms with E-state index < -0.39 is 0 Å². The predicted octanol–water partition coefficient (Wildman–Crippen LogP) is 1.92. The van der Waals surface area contributed by atoms with Gasteiger partial charge >= 0.3 is 0 Å². The van der Waals surface area contributed by atoms with Gasteiger partial charge in [-0.25, -0.2) is 4.68 Å². The molecule has 1 aromatic carbocycles. The molecular formula is C16H19N3O2. The highest BCUT2D eigenvalue weighted by Crippen LogP contribution is 2.16. The van der Waals surface area contributed by atoms with E-state index in [0.29, 0.717) is 25.5 Å². The molecule has 1 N–H and O–H groups in total. The highest BCUT2D eigenvalue weighted by Gasteiger charge is 2.18. The van der Waals surface area contributed by atoms with Crippen molar-refractivity contribution in [3.05, 3.63) is 48.3 Å². The first kappa shape index (κ1) is 13.8. The van der Waals surface area contributed by atoms with Crippen LogP contribution >= 0.6 is 0 Å². The molecule has 0 radical (unpaired) electrons. The first-order valence-corrected chi connectivity index (χ1v) is 7.24. The molecule has 1 aromatic heterocycles. The van der Waals surface area contributed by atoms with Crippen molar-refractivity contribution in [2.75, 3.05) is 13.2 Å². The maximum Gasteiger partial charge on any atom is 0.220 e. The molecule has 1 atom stereocenters. The number of benzene rings is 1. The number of amides is 1. The Labute approximate surface area is 123 Å². The summed E-state index contributed by atoms with van der Waals surface area (Å²) in [6.45, 7) is 2.00. The molecule has 1 unspecified atom stereocenters. The molecule has 0 spiro atoms. The normalized spacial score (nSPS) is 17.8. The number of carbonyl (C=O) groups is 1. The molecule has 2 aromatic rings. The summed E-state index contributed by atoms with van der Waals surface area (Å²) in [5.74, 6) is 0.454. The van der Waals surface area contributed by atoms with Crippen LogP contribution in [0.3, 0.4) is 0 Å². The molecule has 0 aliphatic carbocycles. The van der Waals surface area contributed by atoms with E-state index in [1.807, 2.05) is 41.2 Å². The van der Waals surface area contributed by atoms with E-state index >= 15 is 0 Å². The Kier molecular flexibility index (Phi) is 4.31. The van der Waals surface area contributed by atoms with Crippen LogP contribution in [0.15, 0.2) is 42.7 Å². The molecule has 3 rings (SSSR count). The highest BCUT2D eigenvalue weighted by molar-refractivity contribution is 5.76. The number of carbonyl (C=O) groups excluding carboxylic acids is 1. The van der Waals surface area contributed by atoms with Gasteiger partial charge in [-0.1, -0.05) is 18.2 Å². The van der Waals surface area contributed by atoms with Gasteiger partial charge in [-0.05, 0) is 24.5 Å². The summed E-state index contributed by atoms with van der Waals surface area (Å²) in [5, 5.41) is 7.26. The quantitative estimate of drug-likeness (QED) is 0.913. The van der Waals surface area contributed by atoms with Crippen molar-refractivity contribution in [2.24, 2.45) is 5.92 Å². The summed E-state index contributed by atoms with van der Waals surface area (Å²) >= 11 is 0. The fraction of sp³-hybridized carbons (Fsp3) is 0.375. The number of ether oxygens (including phenoxy) is 1. The lowest BCUT2D eigenvalue weighted by atomic mass is 10.0. The average molecular weight is 285 g/mol. The van der Waals surface area contributed by atoms with Gasteiger partial charge in [0.15, 0.2) is 0 Å². The van der Waals surface area contributed by atoms with Crippen LogP contribution in [-0.2, 0) is 16.1 Å². The van der Waals surface area contributed by atoms with Gasteiger partial charge in [-0.15, -0.1) is 0 Å². The molecule has 1 fully saturated rings. The molecule has 110 valence electrons. The zero-order chi connectivity index (χ0) is 14.5. The molecule has 5 heteroatoms. The Hall–Kier alpha value is -2.14. The fourth-order valence-electron chi connectivity index (χ4n) is 2.45. The summed E-state index contributed by atoms with van der Waals surface area (Å²) in [6, 6.07) is 9.91. The molecule has 2 heterocycles. The second kappa shape index (κ2) is 6.54. The molecular weight excluding hydrogens is 266 g/mol. The van der Waals surface area contributed by atoms with Crippen molar-refractivity contribution < 1.29 is 9.53 Å². The second-order valence-corrected chi connectivity index (χ2v) is 5.34. The van der Waals surface area contributed by atoms with Crippen molar-refractivity contribution in [3.63, 3.8) is 0 Å². The number of nitrogens with zero attached hydrogens (tertiary/aromatic N) is 2. The summed E-state index contributed by atoms with van der Waals surface area (Å²) in [5.41, 5.74) is 2.01. The lowest BCUT2D eigenvalue weighted by Gasteiger charge is -2.07. The smallest absolute Gasteiger partial charge is 0.220 e. The minimum absolute atomic E-state index is 0.0814. The van der Waals surface area contributed by atoms with Crippen molar-refractivity contribution in [2.45, 2.75) is 19.4 Å². The fourth-order valence-corrected chi connectivity index (χ4v) is 2.45. The lowest BCUT2D eigenvalue weighted by molar-refractivity contribution is -0.122. The van der Waals surface area contributed by atoms with Crippen LogP contribution in [0.25, 0.3) is 5.69 Å². The summed E-state index contributed by atoms with van der Waals surface area (Å²) in [4.78, 5) is 11.9. The number of rotatable bonds is 5. The van der Waals surface area contributed by atoms with E-state index in [0.717, 1.165) is 24.3 Å². The van der Waals surface area contributed by atoms with Crippen LogP contribution in [0, 0.1) is 5.92 Å². The van der Waals surface area contributed by atoms with E-state index in [1.165, 1.54) is 0 Å². The van der Waals surface area contributed by atoms with Gasteiger partial charge < -0.3 is 10.1 Å². The van der Waals surface area contributed by atoms with Crippen molar-refractivity contribution in [1.29, 1.82) is 0 Å². The number of hydrogen-bond donors (Lipinski definition) is 1. The van der Waals surface area contributed by atoms with Gasteiger partial charge in [-0.2, -0.15) is 5.10 Å². The molecule has 21 heavy (non-hydrogen) atoms. The molecule has 1 aliphatic heterocycles. The summed E-state index contributed by atoms with van der Waals surface area (Å²) < 4.78 is 7.09. The minimum atomic E-state index is 0.0814. The van der Waals surface area contributed by atoms with E-state index in [4.69, 9.17) is 4.74 Å². The van der Waals surface area contributed by atoms with Gasteiger partial charge in [0.25, 0.3) is 0 Å². The molecule has 0 bridgehead atoms. The number of para-hydroxylation sites is 1. The van der Waals surface area contributed by atoms with Crippen LogP contribution in [-0.4, -0.2) is 28.9 Å². The highest BCUT2D eigenvalue weighted by atomic mass is 16.5. The summed E-state index contributed by atoms with van der Waals surface area (Å²) in [7, 11) is 0. The number of nitrogens with one attached hydrogen (secondary N) is 1. The SMILES string of the molecule is O=C(CC1CCOC1)NCc1cnn(-c2ccccc2)c1. The maximum atomic E-state index is 11.9. The topological polar surface area (TPSA) is 56.1 Å². The second-order valence-electron chi connectivity index (χ2n) is 5.34. The van der Waals surface area contributed by atoms with Gasteiger partial charge in [0, 0.05) is 37.9 Å². The van der Waals surface area contributed by atoms with E-state index in [-0.39, 0.29) is 5.91 Å². The monoisotopic (exact) mass is 285 g/mol. The standard InChI is InChI=1S/C16H19N3O2/c20-16(8-13-6-7-21-12-13)17-9-14-10-18-19(11-14)15-4-2-1-3-5-15/h1-5,10-11,13H,6-9,12H2,(H,17,20). The van der Waals surface area contributed by atoms with E-state index in [1.54, 1.807) is 6.20 Å². The van der Waals surface area contributed by atoms with Crippen LogP contribution < -0.4 is 5.32 Å². The first-order chi connectivity index (χ1) is 10.3. The molecule has 0 saturated carbocycles. The Balaban J connectivity index is 1.51. The minimum Gasteiger partial charge on any atom is -0.381 e. The third kappa shape index (κ3) is 3.70. The van der Waals surface area contributed by atoms with Gasteiger partial charge in [0.2, 0.25) is 5.91 Å². The Morgan fingerprint density at radius 2 is 2.24 bits per heavy atom. The molecule has 1 aliphatic rings.